The highest BCUT2D eigenvalue weighted by Crippen LogP contribution is 2.20. The van der Waals surface area contributed by atoms with Crippen molar-refractivity contribution in [1.29, 1.82) is 0 Å². The van der Waals surface area contributed by atoms with Gasteiger partial charge in [0.1, 0.15) is 13.2 Å². The van der Waals surface area contributed by atoms with Gasteiger partial charge in [0, 0.05) is 0 Å². The molecule has 0 aliphatic carbocycles. The Hall–Kier alpha value is -0.583. The van der Waals surface area contributed by atoms with E-state index in [4.69, 9.17) is 5.73 Å². The molecule has 0 aromatic carbocycles. The molecule has 0 aliphatic rings. The molecule has 0 aliphatic heterocycles. The van der Waals surface area contributed by atoms with Crippen molar-refractivity contribution in [2.75, 3.05) is 19.8 Å². The number of allylic oxidation sites excluding steroid dienone is 1. The molecule has 0 saturated heterocycles. The van der Waals surface area contributed by atoms with Crippen molar-refractivity contribution in [1.82, 2.24) is 0 Å². The Balaban J connectivity index is 4.41. The van der Waals surface area contributed by atoms with Crippen LogP contribution in [0.15, 0.2) is 11.8 Å². The van der Waals surface area contributed by atoms with Gasteiger partial charge in [-0.1, -0.05) is 6.58 Å². The average molecular weight is 311 g/mol. The van der Waals surface area contributed by atoms with Crippen LogP contribution in [-0.4, -0.2) is 41.4 Å². The van der Waals surface area contributed by atoms with Crippen molar-refractivity contribution in [3.05, 3.63) is 11.8 Å². The van der Waals surface area contributed by atoms with Crippen molar-refractivity contribution in [2.24, 2.45) is 5.73 Å². The van der Waals surface area contributed by atoms with Crippen molar-refractivity contribution >= 4 is 9.28 Å². The van der Waals surface area contributed by atoms with Crippen LogP contribution in [-0.2, 0) is 8.85 Å². The molecule has 0 aromatic heterocycles. The van der Waals surface area contributed by atoms with Crippen LogP contribution in [0.2, 0.25) is 0 Å². The molecule has 0 fully saturated rings. The molecule has 0 atom stereocenters. The zero-order chi connectivity index (χ0) is 15.1. The summed E-state index contributed by atoms with van der Waals surface area (Å²) in [6, 6.07) is 0. The van der Waals surface area contributed by atoms with Gasteiger partial charge in [0.25, 0.3) is 0 Å². The quantitative estimate of drug-likeness (QED) is 0.552. The molecule has 0 bridgehead atoms. The lowest BCUT2D eigenvalue weighted by Crippen LogP contribution is -2.34. The third-order valence-electron chi connectivity index (χ3n) is 1.83. The molecule has 2 N–H and O–H groups in total. The van der Waals surface area contributed by atoms with E-state index in [0.29, 0.717) is 6.42 Å². The maximum Gasteiger partial charge on any atom is 0.410 e. The summed E-state index contributed by atoms with van der Waals surface area (Å²) in [7, 11) is -3.25. The lowest BCUT2D eigenvalue weighted by molar-refractivity contribution is -0.168. The second kappa shape index (κ2) is 7.87. The maximum absolute atomic E-state index is 12.0. The van der Waals surface area contributed by atoms with E-state index in [1.807, 2.05) is 0 Å². The summed E-state index contributed by atoms with van der Waals surface area (Å²) in [5.41, 5.74) is 5.20. The van der Waals surface area contributed by atoms with E-state index in [-0.39, 0.29) is 18.2 Å². The highest BCUT2D eigenvalue weighted by Gasteiger charge is 2.34. The summed E-state index contributed by atoms with van der Waals surface area (Å²) in [5, 5.41) is 0.124. The van der Waals surface area contributed by atoms with Crippen molar-refractivity contribution < 1.29 is 35.2 Å². The summed E-state index contributed by atoms with van der Waals surface area (Å²) in [5.74, 6) is 0. The van der Waals surface area contributed by atoms with Gasteiger partial charge < -0.3 is 14.6 Å². The van der Waals surface area contributed by atoms with E-state index < -0.39 is 34.9 Å². The smallest absolute Gasteiger partial charge is 0.384 e. The molecular formula is C9H15F6NO2Si. The first-order valence-electron chi connectivity index (χ1n) is 5.29. The van der Waals surface area contributed by atoms with Gasteiger partial charge in [-0.2, -0.15) is 26.3 Å². The summed E-state index contributed by atoms with van der Waals surface area (Å²) in [6.07, 6.45) is -8.67. The first-order valence-corrected chi connectivity index (χ1v) is 6.81. The van der Waals surface area contributed by atoms with Crippen LogP contribution in [0, 0.1) is 0 Å². The van der Waals surface area contributed by atoms with Gasteiger partial charge in [0.05, 0.1) is 0 Å². The van der Waals surface area contributed by atoms with Gasteiger partial charge in [0.15, 0.2) is 0 Å². The number of hydrogen-bond donors (Lipinski definition) is 1. The van der Waals surface area contributed by atoms with Gasteiger partial charge in [-0.15, -0.1) is 0 Å². The second-order valence-electron chi connectivity index (χ2n) is 3.73. The Morgan fingerprint density at radius 3 is 1.74 bits per heavy atom. The molecule has 19 heavy (non-hydrogen) atoms. The monoisotopic (exact) mass is 311 g/mol. The predicted molar refractivity (Wildman–Crippen MR) is 58.6 cm³/mol. The van der Waals surface area contributed by atoms with E-state index >= 15 is 0 Å². The van der Waals surface area contributed by atoms with Crippen LogP contribution in [0.1, 0.15) is 12.8 Å². The van der Waals surface area contributed by atoms with E-state index in [1.165, 1.54) is 0 Å². The Labute approximate surface area is 108 Å². The van der Waals surface area contributed by atoms with Gasteiger partial charge in [-0.05, 0) is 24.6 Å². The van der Waals surface area contributed by atoms with E-state index in [9.17, 15) is 26.3 Å². The number of hydrogen-bond acceptors (Lipinski definition) is 3. The SMILES string of the molecule is C=C(CCCN)[SiH](OCC(F)(F)F)OCC(F)(F)F. The number of alkyl halides is 6. The molecule has 0 saturated carbocycles. The zero-order valence-electron chi connectivity index (χ0n) is 9.98. The lowest BCUT2D eigenvalue weighted by atomic mass is 10.3. The van der Waals surface area contributed by atoms with Crippen molar-refractivity contribution in [3.8, 4) is 0 Å². The van der Waals surface area contributed by atoms with Crippen LogP contribution in [0.5, 0.6) is 0 Å². The largest absolute Gasteiger partial charge is 0.410 e. The van der Waals surface area contributed by atoms with Crippen LogP contribution in [0.3, 0.4) is 0 Å². The van der Waals surface area contributed by atoms with Gasteiger partial charge in [-0.3, -0.25) is 0 Å². The van der Waals surface area contributed by atoms with Crippen molar-refractivity contribution in [2.45, 2.75) is 25.2 Å². The summed E-state index contributed by atoms with van der Waals surface area (Å²) in [6.45, 7) is 0.365. The van der Waals surface area contributed by atoms with E-state index in [1.54, 1.807) is 0 Å². The minimum Gasteiger partial charge on any atom is -0.384 e. The topological polar surface area (TPSA) is 44.5 Å². The van der Waals surface area contributed by atoms with Crippen LogP contribution < -0.4 is 5.73 Å². The highest BCUT2D eigenvalue weighted by molar-refractivity contribution is 6.53. The fraction of sp³-hybridized carbons (Fsp3) is 0.778. The number of rotatable bonds is 8. The fourth-order valence-electron chi connectivity index (χ4n) is 1.07. The van der Waals surface area contributed by atoms with E-state index in [2.05, 4.69) is 15.4 Å². The summed E-state index contributed by atoms with van der Waals surface area (Å²) < 4.78 is 80.7. The predicted octanol–water partition coefficient (Wildman–Crippen LogP) is 2.20. The molecule has 0 rings (SSSR count). The van der Waals surface area contributed by atoms with Gasteiger partial charge in [0.2, 0.25) is 0 Å². The summed E-state index contributed by atoms with van der Waals surface area (Å²) >= 11 is 0. The molecule has 3 nitrogen and oxygen atoms in total. The molecule has 10 heteroatoms. The van der Waals surface area contributed by atoms with Crippen LogP contribution >= 0.6 is 0 Å². The standard InChI is InChI=1S/C9H15F6NO2Si/c1-7(3-2-4-16)19(17-5-8(10,11)12)18-6-9(13,14)15/h19H,1-6,16H2. The van der Waals surface area contributed by atoms with Crippen LogP contribution in [0.25, 0.3) is 0 Å². The maximum atomic E-state index is 12.0. The minimum absolute atomic E-state index is 0.124. The summed E-state index contributed by atoms with van der Waals surface area (Å²) in [4.78, 5) is 0. The van der Waals surface area contributed by atoms with Crippen LogP contribution in [0.4, 0.5) is 26.3 Å². The average Bonchev–Trinajstić information content (AvgIpc) is 2.23. The van der Waals surface area contributed by atoms with Crippen molar-refractivity contribution in [3.63, 3.8) is 0 Å². The lowest BCUT2D eigenvalue weighted by Gasteiger charge is -2.20. The normalized spacial score (nSPS) is 13.1. The molecule has 0 aromatic rings. The Morgan fingerprint density at radius 2 is 1.42 bits per heavy atom. The third kappa shape index (κ3) is 11.0. The first kappa shape index (κ1) is 18.4. The van der Waals surface area contributed by atoms with E-state index in [0.717, 1.165) is 0 Å². The third-order valence-corrected chi connectivity index (χ3v) is 3.73. The molecule has 0 unspecified atom stereocenters. The Bertz CT molecular complexity index is 263. The highest BCUT2D eigenvalue weighted by atomic mass is 28.3. The second-order valence-corrected chi connectivity index (χ2v) is 5.88. The fourth-order valence-corrected chi connectivity index (χ4v) is 2.76. The number of halogens is 6. The van der Waals surface area contributed by atoms with Gasteiger partial charge >= 0.3 is 21.6 Å². The van der Waals surface area contributed by atoms with Gasteiger partial charge in [-0.25, -0.2) is 0 Å². The molecule has 0 radical (unpaired) electrons. The number of nitrogens with two attached hydrogens (primary N) is 1. The first-order chi connectivity index (χ1) is 8.55. The molecule has 114 valence electrons. The Kier molecular flexibility index (Phi) is 7.63. The molecule has 0 spiro atoms. The minimum atomic E-state index is -4.62. The molecule has 0 amide bonds. The molecule has 0 heterocycles. The molecular weight excluding hydrogens is 296 g/mol. The Morgan fingerprint density at radius 1 is 1.00 bits per heavy atom. The zero-order valence-corrected chi connectivity index (χ0v) is 11.1.